The predicted octanol–water partition coefficient (Wildman–Crippen LogP) is 6.14. The van der Waals surface area contributed by atoms with E-state index in [0.29, 0.717) is 79.7 Å². The Balaban J connectivity index is 0.000000209. The highest BCUT2D eigenvalue weighted by atomic mass is 32.2. The maximum Gasteiger partial charge on any atom is 0.324 e. The highest BCUT2D eigenvalue weighted by Crippen LogP contribution is 2.36. The standard InChI is InChI=1S/2C22H28N2O7S2.C21H27N3O7S2/c2*1-31-18-11-13-19(14-12-18)33(29,30)24-15-7-3-6-10-20(21(24)22(25)26)23-32(27,28)16-17-8-4-2-5-9-17;1-31-15-10-12-16(13-11-15)33(29,30)23-14-6-5-9-19(20(23)21(25)26)24(32(2,27)28)18-8-4-3-7-17(18)22/h2*2,4-5,8-9,11-14,20-21,23H,3,6-7,10,15-16H2,1H3,(H,25,26);3-4,7-8,10-13,19-20H,5-6,9,14,22H2,1-2H3,(H,25,26)/t20-,21+;20-,21-;/m10./s1. The molecule has 6 aromatic rings. The van der Waals surface area contributed by atoms with Crippen LogP contribution in [-0.4, -0.2) is 180 Å². The molecule has 0 spiro atoms. The average Bonchev–Trinajstić information content (AvgIpc) is 1.74. The van der Waals surface area contributed by atoms with Gasteiger partial charge in [-0.3, -0.25) is 18.7 Å². The normalized spacial score (nSPS) is 20.4. The van der Waals surface area contributed by atoms with Gasteiger partial charge in [-0.2, -0.15) is 12.9 Å². The molecule has 3 fully saturated rings. The molecule has 2 unspecified atom stereocenters. The second-order valence-corrected chi connectivity index (χ2v) is 34.6. The summed E-state index contributed by atoms with van der Waals surface area (Å²) in [5.74, 6) is -3.54. The summed E-state index contributed by atoms with van der Waals surface area (Å²) < 4.78 is 182. The minimum absolute atomic E-state index is 0.0256. The van der Waals surface area contributed by atoms with Crippen LogP contribution in [0, 0.1) is 0 Å². The van der Waals surface area contributed by atoms with E-state index in [9.17, 15) is 80.2 Å². The van der Waals surface area contributed by atoms with E-state index in [0.717, 1.165) is 23.5 Å². The van der Waals surface area contributed by atoms with Gasteiger partial charge in [0, 0.05) is 31.7 Å². The van der Waals surface area contributed by atoms with Gasteiger partial charge >= 0.3 is 17.9 Å². The minimum Gasteiger partial charge on any atom is -0.497 e. The molecule has 540 valence electrons. The minimum atomic E-state index is -4.26. The Kier molecular flexibility index (Phi) is 27.4. The lowest BCUT2D eigenvalue weighted by Gasteiger charge is -2.38. The van der Waals surface area contributed by atoms with Gasteiger partial charge in [0.05, 0.1) is 71.2 Å². The van der Waals surface area contributed by atoms with E-state index in [2.05, 4.69) is 9.44 Å². The number of ether oxygens (including phenoxy) is 3. The number of benzene rings is 6. The number of carbonyl (C=O) groups is 3. The fourth-order valence-electron chi connectivity index (χ4n) is 12.0. The first-order chi connectivity index (χ1) is 46.8. The van der Waals surface area contributed by atoms with Crippen molar-refractivity contribution in [2.45, 2.75) is 133 Å². The highest BCUT2D eigenvalue weighted by molar-refractivity contribution is 7.92. The SMILES string of the molecule is COc1ccc(S(=O)(=O)N2CCCCC(N(c3ccccc3N)S(C)(=O)=O)C2C(=O)O)cc1.COc1ccc(S(=O)(=O)N2CCCCC[C@@H](NS(=O)(=O)Cc3ccccc3)[C@H]2C(=O)O)cc1.COc1ccc(S(=O)(=O)N2CCCCC[C@H](NS(=O)(=O)Cc3ccccc3)[C@H]2C(=O)O)cc1. The van der Waals surface area contributed by atoms with Crippen LogP contribution in [0.5, 0.6) is 17.2 Å². The first-order valence-corrected chi connectivity index (χ1v) is 40.8. The first kappa shape index (κ1) is 78.6. The largest absolute Gasteiger partial charge is 0.497 e. The number of rotatable bonds is 23. The van der Waals surface area contributed by atoms with Crippen LogP contribution in [0.15, 0.2) is 172 Å². The highest BCUT2D eigenvalue weighted by Gasteiger charge is 2.48. The van der Waals surface area contributed by atoms with Crippen LogP contribution < -0.4 is 33.7 Å². The lowest BCUT2D eigenvalue weighted by atomic mass is 9.99. The Morgan fingerprint density at radius 3 is 1.07 bits per heavy atom. The van der Waals surface area contributed by atoms with Crippen molar-refractivity contribution in [2.24, 2.45) is 0 Å². The van der Waals surface area contributed by atoms with E-state index in [1.807, 2.05) is 0 Å². The number of nitrogens with one attached hydrogen (secondary N) is 2. The number of nitrogens with zero attached hydrogens (tertiary/aromatic N) is 4. The summed E-state index contributed by atoms with van der Waals surface area (Å²) in [6.45, 7) is -0.117. The van der Waals surface area contributed by atoms with Crippen LogP contribution in [0.4, 0.5) is 11.4 Å². The van der Waals surface area contributed by atoms with Gasteiger partial charge in [-0.05, 0) is 141 Å². The smallest absolute Gasteiger partial charge is 0.324 e. The molecule has 3 saturated heterocycles. The summed E-state index contributed by atoms with van der Waals surface area (Å²) in [5.41, 5.74) is 7.37. The molecule has 0 saturated carbocycles. The van der Waals surface area contributed by atoms with Crippen molar-refractivity contribution in [3.63, 3.8) is 0 Å². The van der Waals surface area contributed by atoms with Crippen molar-refractivity contribution in [3.8, 4) is 17.2 Å². The van der Waals surface area contributed by atoms with Gasteiger partial charge in [0.25, 0.3) is 0 Å². The Hall–Kier alpha value is -7.77. The lowest BCUT2D eigenvalue weighted by molar-refractivity contribution is -0.143. The third-order valence-electron chi connectivity index (χ3n) is 16.6. The molecule has 3 aliphatic heterocycles. The number of aliphatic carboxylic acids is 3. The van der Waals surface area contributed by atoms with Crippen LogP contribution >= 0.6 is 0 Å². The molecule has 0 amide bonds. The Bertz CT molecular complexity index is 4230. The van der Waals surface area contributed by atoms with Crippen molar-refractivity contribution < 1.29 is 94.4 Å². The molecule has 7 N–H and O–H groups in total. The van der Waals surface area contributed by atoms with Crippen molar-refractivity contribution in [1.82, 2.24) is 22.4 Å². The van der Waals surface area contributed by atoms with Gasteiger partial charge in [0.15, 0.2) is 0 Å². The molecule has 28 nitrogen and oxygen atoms in total. The van der Waals surface area contributed by atoms with Gasteiger partial charge in [0.2, 0.25) is 60.1 Å². The fraction of sp³-hybridized carbons (Fsp3) is 0.400. The number of methoxy groups -OCH3 is 3. The van der Waals surface area contributed by atoms with Crippen LogP contribution in [0.2, 0.25) is 0 Å². The van der Waals surface area contributed by atoms with Crippen LogP contribution in [0.3, 0.4) is 0 Å². The molecular weight excluding hydrogens is 1410 g/mol. The van der Waals surface area contributed by atoms with E-state index < -0.39 is 114 Å². The van der Waals surface area contributed by atoms with E-state index in [4.69, 9.17) is 19.9 Å². The Labute approximate surface area is 579 Å². The summed E-state index contributed by atoms with van der Waals surface area (Å²) in [6.07, 6.45) is 5.73. The van der Waals surface area contributed by atoms with E-state index in [-0.39, 0.29) is 76.5 Å². The molecule has 99 heavy (non-hydrogen) atoms. The second-order valence-electron chi connectivity index (χ2n) is 23.5. The number of sulfonamides is 6. The third kappa shape index (κ3) is 20.7. The Morgan fingerprint density at radius 1 is 0.434 bits per heavy atom. The van der Waals surface area contributed by atoms with Gasteiger partial charge in [-0.1, -0.05) is 98.5 Å². The molecule has 0 aliphatic carbocycles. The van der Waals surface area contributed by atoms with Gasteiger partial charge in [0.1, 0.15) is 35.4 Å². The lowest BCUT2D eigenvalue weighted by Crippen LogP contribution is -2.58. The summed E-state index contributed by atoms with van der Waals surface area (Å²) in [5, 5.41) is 30.2. The number of para-hydroxylation sites is 2. The second kappa shape index (κ2) is 34.5. The van der Waals surface area contributed by atoms with E-state index in [1.165, 1.54) is 106 Å². The quantitative estimate of drug-likeness (QED) is 0.0392. The number of hydrogen-bond acceptors (Lipinski definition) is 19. The number of hydrogen-bond donors (Lipinski definition) is 6. The zero-order valence-electron chi connectivity index (χ0n) is 54.8. The number of anilines is 2. The summed E-state index contributed by atoms with van der Waals surface area (Å²) in [7, 11) is -20.2. The maximum absolute atomic E-state index is 13.5. The topological polar surface area (TPSA) is 407 Å². The summed E-state index contributed by atoms with van der Waals surface area (Å²) in [4.78, 5) is 36.8. The Morgan fingerprint density at radius 2 is 0.747 bits per heavy atom. The molecule has 3 heterocycles. The van der Waals surface area contributed by atoms with Crippen molar-refractivity contribution in [1.29, 1.82) is 0 Å². The van der Waals surface area contributed by atoms with Crippen LogP contribution in [-0.2, 0) is 86.0 Å². The van der Waals surface area contributed by atoms with E-state index in [1.54, 1.807) is 72.8 Å². The third-order valence-corrected chi connectivity index (χ3v) is 26.2. The molecule has 34 heteroatoms. The predicted molar refractivity (Wildman–Crippen MR) is 370 cm³/mol. The monoisotopic (exact) mass is 1490 g/mol. The summed E-state index contributed by atoms with van der Waals surface area (Å²) in [6, 6.07) is 31.9. The van der Waals surface area contributed by atoms with Crippen molar-refractivity contribution in [2.75, 3.05) is 57.3 Å². The molecule has 6 atom stereocenters. The molecule has 0 bridgehead atoms. The number of nitrogens with two attached hydrogens (primary N) is 1. The van der Waals surface area contributed by atoms with Crippen LogP contribution in [0.25, 0.3) is 0 Å². The van der Waals surface area contributed by atoms with Gasteiger partial charge in [-0.15, -0.1) is 0 Å². The molecule has 0 radical (unpaired) electrons. The molecule has 0 aromatic heterocycles. The van der Waals surface area contributed by atoms with Crippen molar-refractivity contribution in [3.05, 3.63) is 169 Å². The van der Waals surface area contributed by atoms with E-state index >= 15 is 0 Å². The first-order valence-electron chi connectivity index (χ1n) is 31.3. The summed E-state index contributed by atoms with van der Waals surface area (Å²) >= 11 is 0. The maximum atomic E-state index is 13.5. The van der Waals surface area contributed by atoms with Gasteiger partial charge in [-0.25, -0.2) is 60.0 Å². The number of carboxylic acids is 3. The van der Waals surface area contributed by atoms with Crippen molar-refractivity contribution >= 4 is 89.4 Å². The molecular formula is C65H83N7O21S6. The zero-order valence-corrected chi connectivity index (χ0v) is 59.7. The average molecular weight is 1490 g/mol. The molecule has 6 aromatic carbocycles. The molecule has 9 rings (SSSR count). The van der Waals surface area contributed by atoms with Gasteiger partial charge < -0.3 is 35.3 Å². The number of nitrogen functional groups attached to an aromatic ring is 1. The fourth-order valence-corrected chi connectivity index (χ4v) is 21.0. The number of carboxylic acid groups (broad SMARTS) is 3. The molecule has 3 aliphatic rings. The zero-order chi connectivity index (χ0) is 72.5. The van der Waals surface area contributed by atoms with Crippen LogP contribution in [0.1, 0.15) is 81.8 Å².